The van der Waals surface area contributed by atoms with Gasteiger partial charge >= 0.3 is 0 Å². The maximum absolute atomic E-state index is 12.4. The number of rotatable bonds is 6. The normalized spacial score (nSPS) is 20.4. The molecule has 1 fully saturated rings. The molecule has 0 radical (unpaired) electrons. The molecule has 0 aliphatic carbocycles. The van der Waals surface area contributed by atoms with Crippen LogP contribution in [0, 0.1) is 0 Å². The van der Waals surface area contributed by atoms with E-state index in [1.165, 1.54) is 36.0 Å². The fourth-order valence-electron chi connectivity index (χ4n) is 2.09. The molecule has 7 nitrogen and oxygen atoms in total. The van der Waals surface area contributed by atoms with Gasteiger partial charge in [-0.25, -0.2) is 12.7 Å². The Kier molecular flexibility index (Phi) is 5.45. The number of ether oxygens (including phenoxy) is 1. The Morgan fingerprint density at radius 1 is 1.41 bits per heavy atom. The number of amides is 1. The average molecular weight is 347 g/mol. The van der Waals surface area contributed by atoms with Crippen LogP contribution in [-0.4, -0.2) is 47.3 Å². The van der Waals surface area contributed by atoms with Gasteiger partial charge in [-0.1, -0.05) is 12.1 Å². The van der Waals surface area contributed by atoms with Gasteiger partial charge in [0, 0.05) is 18.4 Å². The Morgan fingerprint density at radius 3 is 2.55 bits per heavy atom. The predicted molar refractivity (Wildman–Crippen MR) is 80.1 cm³/mol. The van der Waals surface area contributed by atoms with Crippen molar-refractivity contribution in [2.45, 2.75) is 30.3 Å². The molecule has 122 valence electrons. The molecular weight excluding hydrogens is 330 g/mol. The van der Waals surface area contributed by atoms with Crippen LogP contribution in [0.1, 0.15) is 24.7 Å². The molecular formula is C13H17NO6S2. The van der Waals surface area contributed by atoms with Crippen molar-refractivity contribution in [3.05, 3.63) is 29.8 Å². The minimum atomic E-state index is -4.09. The average Bonchev–Trinajstić information content (AvgIpc) is 2.84. The summed E-state index contributed by atoms with van der Waals surface area (Å²) < 4.78 is 30.3. The summed E-state index contributed by atoms with van der Waals surface area (Å²) in [6, 6.07) is 5.36. The highest BCUT2D eigenvalue weighted by Crippen LogP contribution is 2.27. The van der Waals surface area contributed by atoms with Crippen LogP contribution in [0.25, 0.3) is 0 Å². The van der Waals surface area contributed by atoms with E-state index in [-0.39, 0.29) is 17.7 Å². The first kappa shape index (κ1) is 17.2. The molecule has 22 heavy (non-hydrogen) atoms. The first-order valence-electron chi connectivity index (χ1n) is 6.52. The highest BCUT2D eigenvalue weighted by atomic mass is 32.2. The number of aliphatic hydroxyl groups is 2. The van der Waals surface area contributed by atoms with Crippen molar-refractivity contribution >= 4 is 27.7 Å². The molecule has 1 aliphatic rings. The van der Waals surface area contributed by atoms with E-state index >= 15 is 0 Å². The van der Waals surface area contributed by atoms with Gasteiger partial charge in [0.15, 0.2) is 6.29 Å². The van der Waals surface area contributed by atoms with Gasteiger partial charge in [0.1, 0.15) is 6.23 Å². The number of hydrogen-bond donors (Lipinski definition) is 2. The van der Waals surface area contributed by atoms with Gasteiger partial charge in [0.25, 0.3) is 10.0 Å². The van der Waals surface area contributed by atoms with E-state index < -0.39 is 28.4 Å². The third-order valence-corrected chi connectivity index (χ3v) is 5.40. The Bertz CT molecular complexity index is 630. The van der Waals surface area contributed by atoms with Crippen LogP contribution in [0.2, 0.25) is 0 Å². The molecule has 0 bridgehead atoms. The summed E-state index contributed by atoms with van der Waals surface area (Å²) in [5, 5.41) is 19.4. The van der Waals surface area contributed by atoms with Crippen molar-refractivity contribution < 1.29 is 28.2 Å². The van der Waals surface area contributed by atoms with E-state index in [2.05, 4.69) is 0 Å². The summed E-state index contributed by atoms with van der Waals surface area (Å²) in [4.78, 5) is 11.5. The molecule has 1 aliphatic heterocycles. The zero-order chi connectivity index (χ0) is 16.3. The van der Waals surface area contributed by atoms with Gasteiger partial charge < -0.3 is 14.9 Å². The van der Waals surface area contributed by atoms with Crippen LogP contribution in [0.15, 0.2) is 29.2 Å². The smallest absolute Gasteiger partial charge is 0.268 e. The number of thioether (sulfide) groups is 1. The third-order valence-electron chi connectivity index (χ3n) is 3.20. The lowest BCUT2D eigenvalue weighted by atomic mass is 10.2. The number of sulfonamides is 1. The number of nitrogens with zero attached hydrogens (tertiary/aromatic N) is 1. The molecule has 0 aromatic heterocycles. The minimum Gasteiger partial charge on any atom is -0.372 e. The standard InChI is InChI=1S/C13H17NO6S2/c1-21-8-20-13(17)9-2-4-10(5-3-9)22(18,19)14-11(15)6-7-12(14)16/h2-5,11,13,15,17H,6-8H2,1H3. The lowest BCUT2D eigenvalue weighted by Gasteiger charge is -2.20. The topological polar surface area (TPSA) is 104 Å². The van der Waals surface area contributed by atoms with E-state index in [1.807, 2.05) is 6.26 Å². The second kappa shape index (κ2) is 6.97. The van der Waals surface area contributed by atoms with E-state index in [0.717, 1.165) is 0 Å². The highest BCUT2D eigenvalue weighted by molar-refractivity contribution is 7.98. The number of carbonyl (C=O) groups is 1. The first-order valence-corrected chi connectivity index (χ1v) is 9.35. The quantitative estimate of drug-likeness (QED) is 0.728. The monoisotopic (exact) mass is 347 g/mol. The molecule has 2 rings (SSSR count). The zero-order valence-electron chi connectivity index (χ0n) is 11.9. The summed E-state index contributed by atoms with van der Waals surface area (Å²) in [5.74, 6) is -0.324. The van der Waals surface area contributed by atoms with Crippen molar-refractivity contribution in [3.63, 3.8) is 0 Å². The van der Waals surface area contributed by atoms with Crippen molar-refractivity contribution in [2.24, 2.45) is 0 Å². The zero-order valence-corrected chi connectivity index (χ0v) is 13.5. The van der Waals surface area contributed by atoms with E-state index in [9.17, 15) is 23.4 Å². The summed E-state index contributed by atoms with van der Waals surface area (Å²) in [6.07, 6.45) is -0.561. The highest BCUT2D eigenvalue weighted by Gasteiger charge is 2.39. The molecule has 2 atom stereocenters. The van der Waals surface area contributed by atoms with Crippen molar-refractivity contribution in [2.75, 3.05) is 12.2 Å². The molecule has 9 heteroatoms. The maximum atomic E-state index is 12.4. The fourth-order valence-corrected chi connectivity index (χ4v) is 3.84. The van der Waals surface area contributed by atoms with Crippen molar-refractivity contribution in [1.29, 1.82) is 0 Å². The second-order valence-electron chi connectivity index (χ2n) is 4.71. The lowest BCUT2D eigenvalue weighted by Crippen LogP contribution is -2.38. The summed E-state index contributed by atoms with van der Waals surface area (Å²) in [6.45, 7) is 0. The van der Waals surface area contributed by atoms with E-state index in [4.69, 9.17) is 4.74 Å². The third kappa shape index (κ3) is 3.44. The van der Waals surface area contributed by atoms with Gasteiger partial charge in [-0.15, -0.1) is 11.8 Å². The second-order valence-corrected chi connectivity index (χ2v) is 7.34. The molecule has 0 spiro atoms. The Morgan fingerprint density at radius 2 is 2.05 bits per heavy atom. The van der Waals surface area contributed by atoms with Gasteiger partial charge in [-0.05, 0) is 18.4 Å². The maximum Gasteiger partial charge on any atom is 0.268 e. The van der Waals surface area contributed by atoms with Crippen molar-refractivity contribution in [3.8, 4) is 0 Å². The molecule has 2 N–H and O–H groups in total. The molecule has 1 amide bonds. The molecule has 0 saturated carbocycles. The molecule has 1 heterocycles. The largest absolute Gasteiger partial charge is 0.372 e. The number of aliphatic hydroxyl groups excluding tert-OH is 2. The summed E-state index contributed by atoms with van der Waals surface area (Å²) >= 11 is 1.40. The Labute approximate surface area is 132 Å². The van der Waals surface area contributed by atoms with Crippen LogP contribution in [-0.2, 0) is 19.6 Å². The van der Waals surface area contributed by atoms with Crippen LogP contribution in [0.4, 0.5) is 0 Å². The van der Waals surface area contributed by atoms with Gasteiger partial charge in [-0.3, -0.25) is 4.79 Å². The molecule has 1 saturated heterocycles. The van der Waals surface area contributed by atoms with Crippen LogP contribution < -0.4 is 0 Å². The first-order chi connectivity index (χ1) is 10.4. The Balaban J connectivity index is 2.21. The number of benzene rings is 1. The van der Waals surface area contributed by atoms with Gasteiger partial charge in [0.05, 0.1) is 10.8 Å². The summed E-state index contributed by atoms with van der Waals surface area (Å²) in [5.41, 5.74) is 0.404. The lowest BCUT2D eigenvalue weighted by molar-refractivity contribution is -0.126. The Hall–Kier alpha value is -1.13. The van der Waals surface area contributed by atoms with Crippen molar-refractivity contribution in [1.82, 2.24) is 4.31 Å². The minimum absolute atomic E-state index is 0.000279. The van der Waals surface area contributed by atoms with Crippen LogP contribution in [0.5, 0.6) is 0 Å². The van der Waals surface area contributed by atoms with Gasteiger partial charge in [-0.2, -0.15) is 0 Å². The molecule has 1 aromatic carbocycles. The molecule has 2 unspecified atom stereocenters. The SMILES string of the molecule is CSCOC(O)c1ccc(S(=O)(=O)N2C(=O)CCC2O)cc1. The number of hydrogen-bond acceptors (Lipinski definition) is 7. The van der Waals surface area contributed by atoms with E-state index in [0.29, 0.717) is 15.8 Å². The van der Waals surface area contributed by atoms with E-state index in [1.54, 1.807) is 0 Å². The van der Waals surface area contributed by atoms with Crippen LogP contribution in [0.3, 0.4) is 0 Å². The van der Waals surface area contributed by atoms with Crippen LogP contribution >= 0.6 is 11.8 Å². The molecule has 1 aromatic rings. The van der Waals surface area contributed by atoms with Gasteiger partial charge in [0.2, 0.25) is 5.91 Å². The predicted octanol–water partition coefficient (Wildman–Crippen LogP) is 0.644. The fraction of sp³-hybridized carbons (Fsp3) is 0.462. The number of carbonyl (C=O) groups excluding carboxylic acids is 1. The summed E-state index contributed by atoms with van der Waals surface area (Å²) in [7, 11) is -4.09.